The fraction of sp³-hybridized carbons (Fsp3) is 0.100. The molecule has 134 valence electrons. The Hall–Kier alpha value is -3.92. The molecular weight excluding hydrogens is 344 g/mol. The summed E-state index contributed by atoms with van der Waals surface area (Å²) < 4.78 is 3.26. The van der Waals surface area contributed by atoms with Gasteiger partial charge in [-0.2, -0.15) is 5.26 Å². The summed E-state index contributed by atoms with van der Waals surface area (Å²) in [7, 11) is 1.78. The van der Waals surface area contributed by atoms with Gasteiger partial charge < -0.3 is 0 Å². The van der Waals surface area contributed by atoms with Crippen molar-refractivity contribution in [1.29, 1.82) is 5.26 Å². The molecule has 0 N–H and O–H groups in total. The Labute approximate surface area is 155 Å². The van der Waals surface area contributed by atoms with Gasteiger partial charge in [0.15, 0.2) is 0 Å². The van der Waals surface area contributed by atoms with Gasteiger partial charge in [0.05, 0.1) is 27.8 Å². The van der Waals surface area contributed by atoms with Crippen LogP contribution in [0.1, 0.15) is 16.8 Å². The third-order valence-electron chi connectivity index (χ3n) is 4.40. The van der Waals surface area contributed by atoms with Crippen molar-refractivity contribution < 1.29 is 4.92 Å². The van der Waals surface area contributed by atoms with Crippen LogP contribution in [0.5, 0.6) is 0 Å². The monoisotopic (exact) mass is 360 g/mol. The molecule has 0 unspecified atom stereocenters. The molecule has 0 aliphatic heterocycles. The van der Waals surface area contributed by atoms with E-state index in [4.69, 9.17) is 0 Å². The lowest BCUT2D eigenvalue weighted by Crippen LogP contribution is -2.20. The van der Waals surface area contributed by atoms with Crippen molar-refractivity contribution in [3.8, 4) is 11.8 Å². The highest BCUT2D eigenvalue weighted by Gasteiger charge is 2.16. The quantitative estimate of drug-likeness (QED) is 0.404. The highest BCUT2D eigenvalue weighted by molar-refractivity contribution is 5.90. The maximum absolute atomic E-state index is 12.9. The number of para-hydroxylation sites is 1. The summed E-state index contributed by atoms with van der Waals surface area (Å²) in [6, 6.07) is 17.0. The van der Waals surface area contributed by atoms with E-state index in [1.807, 2.05) is 30.3 Å². The van der Waals surface area contributed by atoms with E-state index in [2.05, 4.69) is 6.07 Å². The fourth-order valence-corrected chi connectivity index (χ4v) is 2.84. The molecule has 7 heteroatoms. The minimum Gasteiger partial charge on any atom is -0.285 e. The lowest BCUT2D eigenvalue weighted by molar-refractivity contribution is -0.384. The molecule has 0 atom stereocenters. The summed E-state index contributed by atoms with van der Waals surface area (Å²) in [5.74, 6) is 0. The lowest BCUT2D eigenvalue weighted by Gasteiger charge is -2.07. The molecule has 27 heavy (non-hydrogen) atoms. The molecule has 3 aromatic rings. The van der Waals surface area contributed by atoms with Crippen LogP contribution in [0.25, 0.3) is 17.3 Å². The fourth-order valence-electron chi connectivity index (χ4n) is 2.84. The van der Waals surface area contributed by atoms with Crippen molar-refractivity contribution in [3.05, 3.63) is 91.9 Å². The summed E-state index contributed by atoms with van der Waals surface area (Å²) in [6.07, 6.45) is 1.53. The molecule has 0 aliphatic carbocycles. The number of nitro groups is 1. The van der Waals surface area contributed by atoms with Crippen molar-refractivity contribution in [3.63, 3.8) is 0 Å². The molecule has 0 spiro atoms. The molecule has 0 saturated heterocycles. The second-order valence-electron chi connectivity index (χ2n) is 5.95. The Balaban J connectivity index is 2.12. The van der Waals surface area contributed by atoms with Crippen molar-refractivity contribution >= 4 is 17.3 Å². The second kappa shape index (κ2) is 7.14. The van der Waals surface area contributed by atoms with Crippen molar-refractivity contribution in [2.45, 2.75) is 6.92 Å². The van der Waals surface area contributed by atoms with E-state index in [-0.39, 0.29) is 16.8 Å². The Bertz CT molecular complexity index is 1130. The summed E-state index contributed by atoms with van der Waals surface area (Å²) in [5, 5.41) is 20.3. The van der Waals surface area contributed by atoms with E-state index in [1.54, 1.807) is 18.7 Å². The van der Waals surface area contributed by atoms with Gasteiger partial charge in [-0.05, 0) is 42.8 Å². The predicted molar refractivity (Wildman–Crippen MR) is 102 cm³/mol. The van der Waals surface area contributed by atoms with Gasteiger partial charge in [0.25, 0.3) is 11.2 Å². The Morgan fingerprint density at radius 1 is 1.15 bits per heavy atom. The molecule has 0 bridgehead atoms. The number of rotatable bonds is 4. The number of aromatic nitrogens is 2. The standard InChI is InChI=1S/C20H16N4O3/c1-14-19(20(25)23(22(14)2)17-6-4-3-5-7-17)12-16(13-21)15-8-10-18(11-9-15)24(26)27/h3-12H,1-2H3. The van der Waals surface area contributed by atoms with Crippen molar-refractivity contribution in [1.82, 2.24) is 9.36 Å². The van der Waals surface area contributed by atoms with E-state index < -0.39 is 4.92 Å². The molecular formula is C20H16N4O3. The van der Waals surface area contributed by atoms with Crippen LogP contribution in [0.2, 0.25) is 0 Å². The van der Waals surface area contributed by atoms with E-state index in [0.29, 0.717) is 16.8 Å². The van der Waals surface area contributed by atoms with E-state index in [1.165, 1.54) is 35.0 Å². The van der Waals surface area contributed by atoms with Gasteiger partial charge in [-0.1, -0.05) is 18.2 Å². The SMILES string of the molecule is Cc1c(C=C(C#N)c2ccc([N+](=O)[O-])cc2)c(=O)n(-c2ccccc2)n1C. The van der Waals surface area contributed by atoms with Gasteiger partial charge in [0, 0.05) is 24.9 Å². The molecule has 0 fully saturated rings. The van der Waals surface area contributed by atoms with E-state index in [9.17, 15) is 20.2 Å². The minimum absolute atomic E-state index is 0.0571. The predicted octanol–water partition coefficient (Wildman–Crippen LogP) is 3.46. The number of nitrogens with zero attached hydrogens (tertiary/aromatic N) is 4. The highest BCUT2D eigenvalue weighted by atomic mass is 16.6. The van der Waals surface area contributed by atoms with Crippen LogP contribution in [0.4, 0.5) is 5.69 Å². The number of hydrogen-bond donors (Lipinski definition) is 0. The van der Waals surface area contributed by atoms with Gasteiger partial charge >= 0.3 is 0 Å². The van der Waals surface area contributed by atoms with Crippen molar-refractivity contribution in [2.75, 3.05) is 0 Å². The molecule has 3 rings (SSSR count). The van der Waals surface area contributed by atoms with Crippen LogP contribution >= 0.6 is 0 Å². The summed E-state index contributed by atoms with van der Waals surface area (Å²) >= 11 is 0. The zero-order chi connectivity index (χ0) is 19.6. The molecule has 1 heterocycles. The molecule has 0 radical (unpaired) electrons. The topological polar surface area (TPSA) is 93.9 Å². The van der Waals surface area contributed by atoms with Gasteiger partial charge in [-0.25, -0.2) is 4.68 Å². The maximum atomic E-state index is 12.9. The van der Waals surface area contributed by atoms with Gasteiger partial charge in [-0.15, -0.1) is 0 Å². The zero-order valence-electron chi connectivity index (χ0n) is 14.8. The van der Waals surface area contributed by atoms with Gasteiger partial charge in [0.1, 0.15) is 0 Å². The minimum atomic E-state index is -0.501. The Kier molecular flexibility index (Phi) is 4.73. The van der Waals surface area contributed by atoms with Crippen LogP contribution in [0.15, 0.2) is 59.4 Å². The molecule has 0 amide bonds. The molecule has 2 aromatic carbocycles. The highest BCUT2D eigenvalue weighted by Crippen LogP contribution is 2.21. The van der Waals surface area contributed by atoms with Crippen LogP contribution < -0.4 is 5.56 Å². The normalized spacial score (nSPS) is 11.2. The number of nitriles is 1. The smallest absolute Gasteiger partial charge is 0.278 e. The largest absolute Gasteiger partial charge is 0.285 e. The average Bonchev–Trinajstić information content (AvgIpc) is 2.89. The number of nitro benzene ring substituents is 1. The summed E-state index contributed by atoms with van der Waals surface area (Å²) in [5.41, 5.74) is 2.30. The van der Waals surface area contributed by atoms with Gasteiger partial charge in [0.2, 0.25) is 0 Å². The maximum Gasteiger partial charge on any atom is 0.278 e. The van der Waals surface area contributed by atoms with Crippen LogP contribution in [0.3, 0.4) is 0 Å². The number of non-ortho nitro benzene ring substituents is 1. The molecule has 0 aliphatic rings. The average molecular weight is 360 g/mol. The first-order valence-corrected chi connectivity index (χ1v) is 8.14. The second-order valence-corrected chi connectivity index (χ2v) is 5.95. The third-order valence-corrected chi connectivity index (χ3v) is 4.40. The zero-order valence-corrected chi connectivity index (χ0v) is 14.8. The van der Waals surface area contributed by atoms with Crippen LogP contribution in [-0.2, 0) is 7.05 Å². The van der Waals surface area contributed by atoms with Crippen molar-refractivity contribution in [2.24, 2.45) is 7.05 Å². The first-order chi connectivity index (χ1) is 12.9. The molecule has 7 nitrogen and oxygen atoms in total. The van der Waals surface area contributed by atoms with E-state index in [0.717, 1.165) is 5.69 Å². The number of hydrogen-bond acceptors (Lipinski definition) is 4. The third kappa shape index (κ3) is 3.28. The summed E-state index contributed by atoms with van der Waals surface area (Å²) in [4.78, 5) is 23.2. The Morgan fingerprint density at radius 3 is 2.33 bits per heavy atom. The Morgan fingerprint density at radius 2 is 1.78 bits per heavy atom. The molecule has 1 aromatic heterocycles. The van der Waals surface area contributed by atoms with Crippen LogP contribution in [-0.4, -0.2) is 14.3 Å². The first kappa shape index (κ1) is 17.9. The van der Waals surface area contributed by atoms with E-state index >= 15 is 0 Å². The lowest BCUT2D eigenvalue weighted by atomic mass is 10.0. The number of benzene rings is 2. The molecule has 0 saturated carbocycles. The van der Waals surface area contributed by atoms with Crippen LogP contribution in [0, 0.1) is 28.4 Å². The summed E-state index contributed by atoms with van der Waals surface area (Å²) in [6.45, 7) is 1.80. The first-order valence-electron chi connectivity index (χ1n) is 8.14. The van der Waals surface area contributed by atoms with Gasteiger partial charge in [-0.3, -0.25) is 19.6 Å². The number of allylic oxidation sites excluding steroid dienone is 1.